The quantitative estimate of drug-likeness (QED) is 0.254. The summed E-state index contributed by atoms with van der Waals surface area (Å²) in [6, 6.07) is 6.56. The highest BCUT2D eigenvalue weighted by Gasteiger charge is 2.04. The lowest BCUT2D eigenvalue weighted by atomic mass is 10.1. The second-order valence-corrected chi connectivity index (χ2v) is 6.31. The molecule has 0 fully saturated rings. The van der Waals surface area contributed by atoms with Crippen LogP contribution in [-0.2, 0) is 11.3 Å². The second kappa shape index (κ2) is 13.7. The van der Waals surface area contributed by atoms with Crippen molar-refractivity contribution < 1.29 is 4.74 Å². The Hall–Kier alpha value is -0.510. The zero-order valence-corrected chi connectivity index (χ0v) is 18.5. The maximum atomic E-state index is 5.08. The number of aliphatic imine (C=N–C) groups is 1. The Morgan fingerprint density at radius 3 is 2.67 bits per heavy atom. The van der Waals surface area contributed by atoms with E-state index in [1.165, 1.54) is 16.0 Å². The van der Waals surface area contributed by atoms with E-state index in [2.05, 4.69) is 59.0 Å². The van der Waals surface area contributed by atoms with Gasteiger partial charge < -0.3 is 20.3 Å². The molecular weight excluding hydrogens is 435 g/mol. The Bertz CT molecular complexity index is 499. The van der Waals surface area contributed by atoms with Gasteiger partial charge in [0.1, 0.15) is 0 Å². The van der Waals surface area contributed by atoms with Crippen LogP contribution < -0.4 is 10.6 Å². The van der Waals surface area contributed by atoms with E-state index in [1.807, 2.05) is 0 Å². The third-order valence-corrected chi connectivity index (χ3v) is 4.40. The molecule has 0 amide bonds. The Balaban J connectivity index is 0.00000529. The fourth-order valence-electron chi connectivity index (χ4n) is 2.12. The van der Waals surface area contributed by atoms with E-state index in [9.17, 15) is 0 Å². The molecule has 0 spiro atoms. The molecule has 0 bridgehead atoms. The van der Waals surface area contributed by atoms with Gasteiger partial charge in [0.25, 0.3) is 0 Å². The van der Waals surface area contributed by atoms with E-state index in [-0.39, 0.29) is 24.0 Å². The first kappa shape index (κ1) is 23.5. The molecule has 0 radical (unpaired) electrons. The van der Waals surface area contributed by atoms with Gasteiger partial charge in [-0.25, -0.2) is 0 Å². The molecule has 0 atom stereocenters. The zero-order chi connectivity index (χ0) is 17.1. The monoisotopic (exact) mass is 466 g/mol. The Morgan fingerprint density at radius 1 is 1.29 bits per heavy atom. The van der Waals surface area contributed by atoms with Crippen molar-refractivity contribution in [2.75, 3.05) is 53.7 Å². The summed E-state index contributed by atoms with van der Waals surface area (Å²) in [6.45, 7) is 6.39. The molecule has 1 aromatic rings. The summed E-state index contributed by atoms with van der Waals surface area (Å²) in [7, 11) is 5.62. The number of aryl methyl sites for hydroxylation is 1. The highest BCUT2D eigenvalue weighted by molar-refractivity contribution is 14.0. The number of hydrogen-bond donors (Lipinski definition) is 2. The van der Waals surface area contributed by atoms with E-state index in [4.69, 9.17) is 4.74 Å². The minimum absolute atomic E-state index is 0. The number of nitrogens with one attached hydrogen (secondary N) is 2. The number of nitrogens with zero attached hydrogens (tertiary/aromatic N) is 2. The van der Waals surface area contributed by atoms with E-state index in [0.717, 1.165) is 38.7 Å². The average Bonchev–Trinajstić information content (AvgIpc) is 2.56. The normalized spacial score (nSPS) is 11.3. The minimum atomic E-state index is 0. The number of methoxy groups -OCH3 is 1. The minimum Gasteiger partial charge on any atom is -0.383 e. The van der Waals surface area contributed by atoms with Crippen molar-refractivity contribution in [1.29, 1.82) is 0 Å². The molecule has 2 N–H and O–H groups in total. The number of likely N-dealkylation sites (N-methyl/N-ethyl adjacent to an activating group) is 1. The van der Waals surface area contributed by atoms with Crippen molar-refractivity contribution in [2.45, 2.75) is 18.4 Å². The van der Waals surface area contributed by atoms with Crippen LogP contribution in [0.25, 0.3) is 0 Å². The van der Waals surface area contributed by atoms with Crippen LogP contribution in [0.15, 0.2) is 28.1 Å². The van der Waals surface area contributed by atoms with Gasteiger partial charge in [0.15, 0.2) is 5.96 Å². The Morgan fingerprint density at radius 2 is 2.04 bits per heavy atom. The van der Waals surface area contributed by atoms with Crippen molar-refractivity contribution in [3.8, 4) is 0 Å². The van der Waals surface area contributed by atoms with Crippen LogP contribution in [0.2, 0.25) is 0 Å². The summed E-state index contributed by atoms with van der Waals surface area (Å²) in [5.74, 6) is 0.831. The van der Waals surface area contributed by atoms with Crippen LogP contribution in [0, 0.1) is 6.92 Å². The van der Waals surface area contributed by atoms with Gasteiger partial charge in [-0.15, -0.1) is 35.7 Å². The van der Waals surface area contributed by atoms with Gasteiger partial charge in [0.2, 0.25) is 0 Å². The molecule has 0 unspecified atom stereocenters. The maximum absolute atomic E-state index is 5.08. The lowest BCUT2D eigenvalue weighted by Crippen LogP contribution is -2.41. The summed E-state index contributed by atoms with van der Waals surface area (Å²) in [5, 5.41) is 6.72. The Labute approximate surface area is 168 Å². The average molecular weight is 466 g/mol. The standard InChI is InChI=1S/C17H30N4OS.HI/c1-14-6-7-15(16(12-14)23-5)13-20-17(18-2)19-8-9-21(3)10-11-22-4;/h6-7,12H,8-11,13H2,1-5H3,(H2,18,19,20);1H. The van der Waals surface area contributed by atoms with Crippen LogP contribution in [0.4, 0.5) is 0 Å². The van der Waals surface area contributed by atoms with Gasteiger partial charge in [-0.1, -0.05) is 12.1 Å². The predicted molar refractivity (Wildman–Crippen MR) is 116 cm³/mol. The largest absolute Gasteiger partial charge is 0.383 e. The molecule has 138 valence electrons. The molecule has 0 aliphatic heterocycles. The molecule has 0 aliphatic rings. The summed E-state index contributed by atoms with van der Waals surface area (Å²) >= 11 is 1.78. The summed E-state index contributed by atoms with van der Waals surface area (Å²) in [5.41, 5.74) is 2.59. The predicted octanol–water partition coefficient (Wildman–Crippen LogP) is 2.58. The SMILES string of the molecule is CN=C(NCCN(C)CCOC)NCc1ccc(C)cc1SC.I. The van der Waals surface area contributed by atoms with Crippen molar-refractivity contribution in [1.82, 2.24) is 15.5 Å². The highest BCUT2D eigenvalue weighted by Crippen LogP contribution is 2.21. The number of benzene rings is 1. The molecule has 0 saturated heterocycles. The lowest BCUT2D eigenvalue weighted by molar-refractivity contribution is 0.162. The maximum Gasteiger partial charge on any atom is 0.191 e. The third kappa shape index (κ3) is 9.10. The van der Waals surface area contributed by atoms with Crippen molar-refractivity contribution in [2.24, 2.45) is 4.99 Å². The first-order valence-electron chi connectivity index (χ1n) is 7.86. The van der Waals surface area contributed by atoms with Crippen LogP contribution >= 0.6 is 35.7 Å². The van der Waals surface area contributed by atoms with Gasteiger partial charge in [0.05, 0.1) is 6.61 Å². The van der Waals surface area contributed by atoms with Crippen molar-refractivity contribution in [3.63, 3.8) is 0 Å². The lowest BCUT2D eigenvalue weighted by Gasteiger charge is -2.18. The molecule has 1 rings (SSSR count). The Kier molecular flexibility index (Phi) is 13.5. The number of rotatable bonds is 9. The fourth-order valence-corrected chi connectivity index (χ4v) is 2.83. The summed E-state index contributed by atoms with van der Waals surface area (Å²) in [4.78, 5) is 7.82. The third-order valence-electron chi connectivity index (χ3n) is 3.58. The molecule has 0 saturated carbocycles. The smallest absolute Gasteiger partial charge is 0.191 e. The number of guanidine groups is 1. The van der Waals surface area contributed by atoms with Gasteiger partial charge in [-0.3, -0.25) is 4.99 Å². The van der Waals surface area contributed by atoms with Crippen molar-refractivity contribution >= 4 is 41.7 Å². The molecule has 1 aromatic carbocycles. The van der Waals surface area contributed by atoms with E-state index in [0.29, 0.717) is 0 Å². The van der Waals surface area contributed by atoms with Crippen LogP contribution in [-0.4, -0.2) is 64.6 Å². The van der Waals surface area contributed by atoms with Gasteiger partial charge in [0, 0.05) is 45.2 Å². The molecule has 7 heteroatoms. The van der Waals surface area contributed by atoms with Crippen LogP contribution in [0.3, 0.4) is 0 Å². The van der Waals surface area contributed by atoms with Crippen LogP contribution in [0.1, 0.15) is 11.1 Å². The summed E-state index contributed by atoms with van der Waals surface area (Å²) < 4.78 is 5.08. The fraction of sp³-hybridized carbons (Fsp3) is 0.588. The van der Waals surface area contributed by atoms with Gasteiger partial charge in [-0.05, 0) is 37.4 Å². The van der Waals surface area contributed by atoms with E-state index >= 15 is 0 Å². The zero-order valence-electron chi connectivity index (χ0n) is 15.4. The first-order chi connectivity index (χ1) is 11.1. The molecular formula is C17H31IN4OS. The molecule has 0 heterocycles. The summed E-state index contributed by atoms with van der Waals surface area (Å²) in [6.07, 6.45) is 2.11. The number of ether oxygens (including phenoxy) is 1. The number of halogens is 1. The molecule has 24 heavy (non-hydrogen) atoms. The van der Waals surface area contributed by atoms with Gasteiger partial charge >= 0.3 is 0 Å². The number of thioether (sulfide) groups is 1. The van der Waals surface area contributed by atoms with Crippen LogP contribution in [0.5, 0.6) is 0 Å². The topological polar surface area (TPSA) is 48.9 Å². The van der Waals surface area contributed by atoms with E-state index < -0.39 is 0 Å². The number of hydrogen-bond acceptors (Lipinski definition) is 4. The van der Waals surface area contributed by atoms with Crippen molar-refractivity contribution in [3.05, 3.63) is 29.3 Å². The molecule has 0 aliphatic carbocycles. The second-order valence-electron chi connectivity index (χ2n) is 5.46. The highest BCUT2D eigenvalue weighted by atomic mass is 127. The molecule has 0 aromatic heterocycles. The van der Waals surface area contributed by atoms with E-state index in [1.54, 1.807) is 25.9 Å². The molecule has 5 nitrogen and oxygen atoms in total. The van der Waals surface area contributed by atoms with Gasteiger partial charge in [-0.2, -0.15) is 0 Å². The first-order valence-corrected chi connectivity index (χ1v) is 9.08.